The van der Waals surface area contributed by atoms with Crippen LogP contribution in [0.4, 0.5) is 0 Å². The lowest BCUT2D eigenvalue weighted by atomic mass is 10.2. The highest BCUT2D eigenvalue weighted by Gasteiger charge is 2.19. The first kappa shape index (κ1) is 14.1. The van der Waals surface area contributed by atoms with Crippen LogP contribution in [0.1, 0.15) is 18.8 Å². The van der Waals surface area contributed by atoms with Crippen molar-refractivity contribution in [2.75, 3.05) is 0 Å². The second-order valence-electron chi connectivity index (χ2n) is 4.58. The van der Waals surface area contributed by atoms with Crippen LogP contribution in [-0.4, -0.2) is 19.7 Å². The van der Waals surface area contributed by atoms with Gasteiger partial charge in [-0.3, -0.25) is 9.89 Å². The van der Waals surface area contributed by atoms with E-state index in [2.05, 4.69) is 15.2 Å². The Morgan fingerprint density at radius 3 is 2.62 bits per heavy atom. The molecule has 3 aromatic rings. The van der Waals surface area contributed by atoms with E-state index in [4.69, 9.17) is 28.9 Å². The quantitative estimate of drug-likeness (QED) is 0.757. The van der Waals surface area contributed by atoms with Crippen LogP contribution < -0.4 is 11.3 Å². The van der Waals surface area contributed by atoms with Gasteiger partial charge < -0.3 is 5.73 Å². The average Bonchev–Trinajstić information content (AvgIpc) is 2.95. The normalized spacial score (nSPS) is 12.8. The first-order chi connectivity index (χ1) is 10.0. The molecule has 21 heavy (non-hydrogen) atoms. The van der Waals surface area contributed by atoms with Gasteiger partial charge in [0, 0.05) is 12.3 Å². The third-order valence-electron chi connectivity index (χ3n) is 3.07. The summed E-state index contributed by atoms with van der Waals surface area (Å²) in [4.78, 5) is 17.2. The third-order valence-corrected chi connectivity index (χ3v) is 3.69. The Bertz CT molecular complexity index is 870. The summed E-state index contributed by atoms with van der Waals surface area (Å²) in [5.41, 5.74) is 5.92. The fourth-order valence-electron chi connectivity index (χ4n) is 2.14. The van der Waals surface area contributed by atoms with Gasteiger partial charge in [0.15, 0.2) is 5.82 Å². The molecule has 3 N–H and O–H groups in total. The Morgan fingerprint density at radius 1 is 1.29 bits per heavy atom. The zero-order valence-electron chi connectivity index (χ0n) is 11.0. The Hall–Kier alpha value is -1.89. The van der Waals surface area contributed by atoms with E-state index in [9.17, 15) is 4.79 Å². The second kappa shape index (κ2) is 5.14. The summed E-state index contributed by atoms with van der Waals surface area (Å²) < 4.78 is 1.34. The van der Waals surface area contributed by atoms with Gasteiger partial charge in [0.1, 0.15) is 5.82 Å². The Kier molecular flexibility index (Phi) is 3.44. The first-order valence-electron chi connectivity index (χ1n) is 6.17. The summed E-state index contributed by atoms with van der Waals surface area (Å²) >= 11 is 12.3. The van der Waals surface area contributed by atoms with Crippen molar-refractivity contribution in [2.45, 2.75) is 13.0 Å². The number of halogens is 2. The number of rotatable bonds is 2. The molecule has 8 heteroatoms. The lowest BCUT2D eigenvalue weighted by Crippen LogP contribution is -2.28. The molecule has 0 aliphatic rings. The molecule has 108 valence electrons. The maximum absolute atomic E-state index is 12.8. The third kappa shape index (κ3) is 2.21. The minimum Gasteiger partial charge on any atom is -0.322 e. The zero-order chi connectivity index (χ0) is 15.1. The topological polar surface area (TPSA) is 89.6 Å². The molecule has 0 amide bonds. The summed E-state index contributed by atoms with van der Waals surface area (Å²) in [6.45, 7) is 1.73. The van der Waals surface area contributed by atoms with E-state index in [1.54, 1.807) is 31.3 Å². The Balaban J connectivity index is 2.52. The minimum absolute atomic E-state index is 0.247. The van der Waals surface area contributed by atoms with E-state index in [-0.39, 0.29) is 16.0 Å². The minimum atomic E-state index is -0.478. The summed E-state index contributed by atoms with van der Waals surface area (Å²) in [6, 6.07) is 4.34. The highest BCUT2D eigenvalue weighted by Crippen LogP contribution is 2.27. The van der Waals surface area contributed by atoms with Crippen molar-refractivity contribution in [2.24, 2.45) is 5.73 Å². The largest absolute Gasteiger partial charge is 0.322 e. The number of nitrogens with zero attached hydrogens (tertiary/aromatic N) is 3. The van der Waals surface area contributed by atoms with Crippen LogP contribution in [-0.2, 0) is 0 Å². The maximum Gasteiger partial charge on any atom is 0.268 e. The van der Waals surface area contributed by atoms with Crippen LogP contribution in [0.3, 0.4) is 0 Å². The van der Waals surface area contributed by atoms with E-state index >= 15 is 0 Å². The molecule has 0 fully saturated rings. The molecule has 0 unspecified atom stereocenters. The summed E-state index contributed by atoms with van der Waals surface area (Å²) in [7, 11) is 0. The van der Waals surface area contributed by atoms with Gasteiger partial charge in [-0.1, -0.05) is 23.2 Å². The van der Waals surface area contributed by atoms with E-state index < -0.39 is 6.04 Å². The van der Waals surface area contributed by atoms with Gasteiger partial charge in [0.25, 0.3) is 5.56 Å². The van der Waals surface area contributed by atoms with Gasteiger partial charge in [-0.15, -0.1) is 0 Å². The molecular weight excluding hydrogens is 313 g/mol. The molecule has 0 spiro atoms. The smallest absolute Gasteiger partial charge is 0.268 e. The Labute approximate surface area is 129 Å². The van der Waals surface area contributed by atoms with Gasteiger partial charge in [0.05, 0.1) is 27.0 Å². The number of fused-ring (bicyclic) bond motifs is 1. The standard InChI is InChI=1S/C13H11Cl2N5O/c1-6(16)12-18-11-8(15)3-2-7(14)10(11)13(21)20(12)9-4-5-17-19-9/h2-6H,16H2,1H3,(H,17,19)/t6-/m0/s1. The molecule has 3 rings (SSSR count). The van der Waals surface area contributed by atoms with Crippen molar-refractivity contribution in [3.63, 3.8) is 0 Å². The number of hydrogen-bond acceptors (Lipinski definition) is 4. The zero-order valence-corrected chi connectivity index (χ0v) is 12.5. The van der Waals surface area contributed by atoms with Gasteiger partial charge in [0.2, 0.25) is 0 Å². The molecule has 0 aliphatic carbocycles. The van der Waals surface area contributed by atoms with Gasteiger partial charge in [-0.05, 0) is 19.1 Å². The van der Waals surface area contributed by atoms with Crippen molar-refractivity contribution in [3.05, 3.63) is 50.6 Å². The first-order valence-corrected chi connectivity index (χ1v) is 6.92. The van der Waals surface area contributed by atoms with E-state index in [1.807, 2.05) is 0 Å². The number of benzene rings is 1. The number of aromatic amines is 1. The van der Waals surface area contributed by atoms with Gasteiger partial charge in [-0.25, -0.2) is 9.55 Å². The van der Waals surface area contributed by atoms with E-state index in [0.29, 0.717) is 22.2 Å². The second-order valence-corrected chi connectivity index (χ2v) is 5.40. The van der Waals surface area contributed by atoms with Gasteiger partial charge >= 0.3 is 0 Å². The molecule has 2 heterocycles. The highest BCUT2D eigenvalue weighted by atomic mass is 35.5. The predicted molar refractivity (Wildman–Crippen MR) is 82.1 cm³/mol. The monoisotopic (exact) mass is 323 g/mol. The lowest BCUT2D eigenvalue weighted by Gasteiger charge is -2.14. The molecule has 0 aliphatic heterocycles. The van der Waals surface area contributed by atoms with E-state index in [1.165, 1.54) is 4.57 Å². The van der Waals surface area contributed by atoms with Crippen molar-refractivity contribution in [3.8, 4) is 5.82 Å². The van der Waals surface area contributed by atoms with Crippen LogP contribution in [0.5, 0.6) is 0 Å². The van der Waals surface area contributed by atoms with Crippen LogP contribution in [0.25, 0.3) is 16.7 Å². The number of aromatic nitrogens is 4. The average molecular weight is 324 g/mol. The number of hydrogen-bond donors (Lipinski definition) is 2. The van der Waals surface area contributed by atoms with Gasteiger partial charge in [-0.2, -0.15) is 5.10 Å². The van der Waals surface area contributed by atoms with Crippen LogP contribution in [0, 0.1) is 0 Å². The molecule has 6 nitrogen and oxygen atoms in total. The van der Waals surface area contributed by atoms with Crippen LogP contribution in [0.15, 0.2) is 29.2 Å². The van der Waals surface area contributed by atoms with Crippen molar-refractivity contribution in [1.82, 2.24) is 19.7 Å². The predicted octanol–water partition coefficient (Wildman–Crippen LogP) is 2.44. The van der Waals surface area contributed by atoms with Crippen molar-refractivity contribution in [1.29, 1.82) is 0 Å². The maximum atomic E-state index is 12.8. The molecule has 0 saturated heterocycles. The lowest BCUT2D eigenvalue weighted by molar-refractivity contribution is 0.688. The summed E-state index contributed by atoms with van der Waals surface area (Å²) in [5.74, 6) is 0.765. The number of H-pyrrole nitrogens is 1. The number of nitrogens with one attached hydrogen (secondary N) is 1. The highest BCUT2D eigenvalue weighted by molar-refractivity contribution is 6.39. The van der Waals surface area contributed by atoms with E-state index in [0.717, 1.165) is 0 Å². The number of nitrogens with two attached hydrogens (primary N) is 1. The molecule has 2 aromatic heterocycles. The fraction of sp³-hybridized carbons (Fsp3) is 0.154. The van der Waals surface area contributed by atoms with Crippen molar-refractivity contribution >= 4 is 34.1 Å². The van der Waals surface area contributed by atoms with Crippen LogP contribution >= 0.6 is 23.2 Å². The molecule has 0 saturated carbocycles. The molecule has 1 atom stereocenters. The SMILES string of the molecule is C[C@H](N)c1nc2c(Cl)ccc(Cl)c2c(=O)n1-c1cc[nH]n1. The molecule has 1 aromatic carbocycles. The summed E-state index contributed by atoms with van der Waals surface area (Å²) in [6.07, 6.45) is 1.61. The molecule has 0 radical (unpaired) electrons. The van der Waals surface area contributed by atoms with Crippen molar-refractivity contribution < 1.29 is 0 Å². The molecule has 0 bridgehead atoms. The molecular formula is C13H11Cl2N5O. The Morgan fingerprint density at radius 2 is 2.00 bits per heavy atom. The fourth-order valence-corrected chi connectivity index (χ4v) is 2.57. The summed E-state index contributed by atoms with van der Waals surface area (Å²) in [5, 5.41) is 7.55. The van der Waals surface area contributed by atoms with Crippen LogP contribution in [0.2, 0.25) is 10.0 Å².